The van der Waals surface area contributed by atoms with Gasteiger partial charge >= 0.3 is 0 Å². The molecule has 1 heterocycles. The van der Waals surface area contributed by atoms with E-state index in [1.165, 1.54) is 49.2 Å². The fraction of sp³-hybridized carbons (Fsp3) is 0.0698. The summed E-state index contributed by atoms with van der Waals surface area (Å²) in [6.45, 7) is 4.66. The molecule has 0 radical (unpaired) electrons. The Balaban J connectivity index is 1.36. The van der Waals surface area contributed by atoms with Crippen LogP contribution >= 0.6 is 0 Å². The average Bonchev–Trinajstić information content (AvgIpc) is 3.33. The predicted molar refractivity (Wildman–Crippen MR) is 188 cm³/mol. The van der Waals surface area contributed by atoms with Gasteiger partial charge in [-0.05, 0) is 67.4 Å². The molecule has 1 aromatic heterocycles. The van der Waals surface area contributed by atoms with Crippen molar-refractivity contribution in [2.75, 3.05) is 0 Å². The van der Waals surface area contributed by atoms with Gasteiger partial charge in [0.1, 0.15) is 0 Å². The van der Waals surface area contributed by atoms with Crippen LogP contribution in [0, 0.1) is 0 Å². The number of rotatable bonds is 3. The van der Waals surface area contributed by atoms with Gasteiger partial charge in [0.2, 0.25) is 0 Å². The van der Waals surface area contributed by atoms with E-state index >= 15 is 0 Å². The number of fused-ring (bicyclic) bond motifs is 7. The maximum Gasteiger partial charge on any atom is 0.161 e. The highest BCUT2D eigenvalue weighted by molar-refractivity contribution is 6.21. The van der Waals surface area contributed by atoms with Crippen LogP contribution in [0.3, 0.4) is 0 Å². The van der Waals surface area contributed by atoms with E-state index in [1.54, 1.807) is 0 Å². The molecule has 0 fully saturated rings. The Morgan fingerprint density at radius 3 is 1.93 bits per heavy atom. The van der Waals surface area contributed by atoms with Crippen molar-refractivity contribution in [3.05, 3.63) is 157 Å². The van der Waals surface area contributed by atoms with Crippen molar-refractivity contribution in [3.8, 4) is 45.0 Å². The molecular formula is C43H30N2. The average molecular weight is 575 g/mol. The molecule has 0 unspecified atom stereocenters. The molecule has 7 aromatic carbocycles. The summed E-state index contributed by atoms with van der Waals surface area (Å²) in [7, 11) is 0. The smallest absolute Gasteiger partial charge is 0.161 e. The van der Waals surface area contributed by atoms with Gasteiger partial charge in [-0.1, -0.05) is 141 Å². The number of hydrogen-bond donors (Lipinski definition) is 0. The molecule has 0 N–H and O–H groups in total. The molecule has 0 saturated carbocycles. The zero-order valence-corrected chi connectivity index (χ0v) is 25.3. The summed E-state index contributed by atoms with van der Waals surface area (Å²) in [6, 6.07) is 52.3. The van der Waals surface area contributed by atoms with Crippen LogP contribution < -0.4 is 0 Å². The number of aromatic nitrogens is 2. The molecule has 0 amide bonds. The van der Waals surface area contributed by atoms with Gasteiger partial charge in [-0.25, -0.2) is 9.97 Å². The van der Waals surface area contributed by atoms with Gasteiger partial charge in [-0.3, -0.25) is 0 Å². The normalized spacial score (nSPS) is 13.3. The lowest BCUT2D eigenvalue weighted by Crippen LogP contribution is -2.14. The highest BCUT2D eigenvalue weighted by atomic mass is 14.9. The lowest BCUT2D eigenvalue weighted by Gasteiger charge is -2.22. The van der Waals surface area contributed by atoms with Gasteiger partial charge in [-0.2, -0.15) is 0 Å². The predicted octanol–water partition coefficient (Wildman–Crippen LogP) is 11.2. The second kappa shape index (κ2) is 9.70. The molecule has 2 heteroatoms. The van der Waals surface area contributed by atoms with Crippen molar-refractivity contribution in [3.63, 3.8) is 0 Å². The van der Waals surface area contributed by atoms with Gasteiger partial charge in [0.15, 0.2) is 5.82 Å². The molecule has 0 aliphatic heterocycles. The van der Waals surface area contributed by atoms with Crippen LogP contribution in [0.15, 0.2) is 146 Å². The molecule has 1 aliphatic rings. The Morgan fingerprint density at radius 1 is 0.444 bits per heavy atom. The SMILES string of the molecule is CC1(C)c2ccccc2-c2ccc(-c3cc(-c4ccccc4)nc(-c4c5ccccc5cc5ccc6ccccc6c45)n3)cc21. The van der Waals surface area contributed by atoms with Crippen LogP contribution in [-0.2, 0) is 5.41 Å². The molecule has 45 heavy (non-hydrogen) atoms. The maximum absolute atomic E-state index is 5.42. The van der Waals surface area contributed by atoms with Crippen LogP contribution in [0.4, 0.5) is 0 Å². The molecular weight excluding hydrogens is 544 g/mol. The van der Waals surface area contributed by atoms with E-state index in [4.69, 9.17) is 9.97 Å². The van der Waals surface area contributed by atoms with Crippen LogP contribution in [0.2, 0.25) is 0 Å². The Labute approximate surface area is 262 Å². The monoisotopic (exact) mass is 574 g/mol. The number of nitrogens with zero attached hydrogens (tertiary/aromatic N) is 2. The fourth-order valence-electron chi connectivity index (χ4n) is 7.40. The topological polar surface area (TPSA) is 25.8 Å². The minimum Gasteiger partial charge on any atom is -0.228 e. The Bertz CT molecular complexity index is 2450. The first kappa shape index (κ1) is 25.9. The van der Waals surface area contributed by atoms with E-state index < -0.39 is 0 Å². The van der Waals surface area contributed by atoms with Crippen molar-refractivity contribution in [2.24, 2.45) is 0 Å². The van der Waals surface area contributed by atoms with Crippen LogP contribution in [0.5, 0.6) is 0 Å². The highest BCUT2D eigenvalue weighted by Crippen LogP contribution is 2.49. The van der Waals surface area contributed by atoms with Gasteiger partial charge < -0.3 is 0 Å². The second-order valence-corrected chi connectivity index (χ2v) is 12.6. The number of hydrogen-bond acceptors (Lipinski definition) is 2. The van der Waals surface area contributed by atoms with Crippen LogP contribution in [-0.4, -0.2) is 9.97 Å². The van der Waals surface area contributed by atoms with E-state index in [1.807, 2.05) is 0 Å². The van der Waals surface area contributed by atoms with Crippen molar-refractivity contribution >= 4 is 32.3 Å². The molecule has 0 atom stereocenters. The van der Waals surface area contributed by atoms with Gasteiger partial charge in [0, 0.05) is 27.5 Å². The summed E-state index contributed by atoms with van der Waals surface area (Å²) >= 11 is 0. The summed E-state index contributed by atoms with van der Waals surface area (Å²) in [5.74, 6) is 0.743. The van der Waals surface area contributed by atoms with Gasteiger partial charge in [0.05, 0.1) is 11.4 Å². The molecule has 0 spiro atoms. The zero-order valence-electron chi connectivity index (χ0n) is 25.3. The van der Waals surface area contributed by atoms with E-state index in [2.05, 4.69) is 159 Å². The largest absolute Gasteiger partial charge is 0.228 e. The second-order valence-electron chi connectivity index (χ2n) is 12.6. The first-order valence-electron chi connectivity index (χ1n) is 15.6. The quantitative estimate of drug-likeness (QED) is 0.155. The third-order valence-corrected chi connectivity index (χ3v) is 9.65. The Kier molecular flexibility index (Phi) is 5.58. The maximum atomic E-state index is 5.42. The van der Waals surface area contributed by atoms with Crippen molar-refractivity contribution in [1.29, 1.82) is 0 Å². The summed E-state index contributed by atoms with van der Waals surface area (Å²) in [5, 5.41) is 7.14. The Hall–Kier alpha value is -5.60. The lowest BCUT2D eigenvalue weighted by molar-refractivity contribution is 0.660. The third-order valence-electron chi connectivity index (χ3n) is 9.65. The lowest BCUT2D eigenvalue weighted by atomic mass is 9.82. The van der Waals surface area contributed by atoms with Crippen molar-refractivity contribution in [2.45, 2.75) is 19.3 Å². The molecule has 0 bridgehead atoms. The van der Waals surface area contributed by atoms with E-state index in [0.29, 0.717) is 0 Å². The molecule has 212 valence electrons. The van der Waals surface area contributed by atoms with Gasteiger partial charge in [-0.15, -0.1) is 0 Å². The standard InChI is InChI=1S/C43H30N2/c1-43(2)36-19-11-10-18-34(36)35-23-22-30(25-37(35)43)39-26-38(28-13-4-3-5-14-28)44-42(45-39)41-33-17-9-7-15-29(33)24-31-21-20-27-12-6-8-16-32(27)40(31)41/h3-26H,1-2H3. The summed E-state index contributed by atoms with van der Waals surface area (Å²) in [4.78, 5) is 10.7. The molecule has 0 saturated heterocycles. The third kappa shape index (κ3) is 3.96. The molecule has 2 nitrogen and oxygen atoms in total. The Morgan fingerprint density at radius 2 is 1.09 bits per heavy atom. The van der Waals surface area contributed by atoms with Crippen LogP contribution in [0.25, 0.3) is 77.3 Å². The molecule has 9 rings (SSSR count). The van der Waals surface area contributed by atoms with Crippen molar-refractivity contribution in [1.82, 2.24) is 9.97 Å². The minimum atomic E-state index is -0.0925. The minimum absolute atomic E-state index is 0.0925. The van der Waals surface area contributed by atoms with E-state index in [0.717, 1.165) is 39.3 Å². The number of benzene rings is 7. The molecule has 8 aromatic rings. The molecule has 1 aliphatic carbocycles. The zero-order chi connectivity index (χ0) is 30.1. The summed E-state index contributed by atoms with van der Waals surface area (Å²) in [6.07, 6.45) is 0. The fourth-order valence-corrected chi connectivity index (χ4v) is 7.40. The highest BCUT2D eigenvalue weighted by Gasteiger charge is 2.35. The van der Waals surface area contributed by atoms with Crippen LogP contribution in [0.1, 0.15) is 25.0 Å². The van der Waals surface area contributed by atoms with E-state index in [9.17, 15) is 0 Å². The summed E-state index contributed by atoms with van der Waals surface area (Å²) in [5.41, 5.74) is 10.3. The summed E-state index contributed by atoms with van der Waals surface area (Å²) < 4.78 is 0. The van der Waals surface area contributed by atoms with Crippen molar-refractivity contribution < 1.29 is 0 Å². The first-order chi connectivity index (χ1) is 22.1. The van der Waals surface area contributed by atoms with Gasteiger partial charge in [0.25, 0.3) is 0 Å². The van der Waals surface area contributed by atoms with E-state index in [-0.39, 0.29) is 5.41 Å². The first-order valence-corrected chi connectivity index (χ1v) is 15.6.